The molecule has 0 bridgehead atoms. The van der Waals surface area contributed by atoms with Crippen molar-refractivity contribution in [3.63, 3.8) is 0 Å². The maximum atomic E-state index is 11.3. The van der Waals surface area contributed by atoms with Crippen molar-refractivity contribution in [1.82, 2.24) is 0 Å². The van der Waals surface area contributed by atoms with Crippen LogP contribution in [0.2, 0.25) is 0 Å². The molecule has 122 valence electrons. The molecule has 0 heterocycles. The summed E-state index contributed by atoms with van der Waals surface area (Å²) < 4.78 is 0. The Hall–Kier alpha value is -2.33. The van der Waals surface area contributed by atoms with Gasteiger partial charge in [-0.05, 0) is 36.2 Å². The SMILES string of the molecule is CC(=O)Cl.Cc1ccc(NC(Cc2ccccc2)C(=O)O)cc1. The number of hydrogen-bond donors (Lipinski definition) is 2. The summed E-state index contributed by atoms with van der Waals surface area (Å²) in [5.41, 5.74) is 2.99. The molecule has 0 saturated carbocycles. The molecule has 0 fully saturated rings. The van der Waals surface area contributed by atoms with Crippen LogP contribution >= 0.6 is 11.6 Å². The number of carbonyl (C=O) groups is 2. The fourth-order valence-corrected chi connectivity index (χ4v) is 1.90. The molecule has 1 unspecified atom stereocenters. The summed E-state index contributed by atoms with van der Waals surface area (Å²) in [7, 11) is 0. The average Bonchev–Trinajstić information content (AvgIpc) is 2.49. The van der Waals surface area contributed by atoms with Crippen LogP contribution in [0.4, 0.5) is 5.69 Å². The van der Waals surface area contributed by atoms with E-state index < -0.39 is 12.0 Å². The Labute approximate surface area is 141 Å². The van der Waals surface area contributed by atoms with Gasteiger partial charge in [-0.1, -0.05) is 48.0 Å². The van der Waals surface area contributed by atoms with Gasteiger partial charge in [0.15, 0.2) is 0 Å². The number of carboxylic acids is 1. The highest BCUT2D eigenvalue weighted by molar-refractivity contribution is 6.62. The van der Waals surface area contributed by atoms with Gasteiger partial charge >= 0.3 is 5.97 Å². The highest BCUT2D eigenvalue weighted by atomic mass is 35.5. The lowest BCUT2D eigenvalue weighted by Crippen LogP contribution is -2.31. The van der Waals surface area contributed by atoms with Gasteiger partial charge in [0.05, 0.1) is 0 Å². The minimum atomic E-state index is -0.843. The first-order chi connectivity index (χ1) is 10.9. The molecular weight excluding hydrogens is 314 g/mol. The van der Waals surface area contributed by atoms with Crippen LogP contribution in [0.25, 0.3) is 0 Å². The van der Waals surface area contributed by atoms with E-state index in [4.69, 9.17) is 0 Å². The monoisotopic (exact) mass is 333 g/mol. The second-order valence-electron chi connectivity index (χ2n) is 5.06. The molecule has 2 N–H and O–H groups in total. The van der Waals surface area contributed by atoms with Crippen LogP contribution in [0.1, 0.15) is 18.1 Å². The third kappa shape index (κ3) is 8.02. The lowest BCUT2D eigenvalue weighted by atomic mass is 10.1. The summed E-state index contributed by atoms with van der Waals surface area (Å²) in [5, 5.41) is 12.0. The van der Waals surface area contributed by atoms with Crippen LogP contribution in [0.3, 0.4) is 0 Å². The Morgan fingerprint density at radius 3 is 2.09 bits per heavy atom. The smallest absolute Gasteiger partial charge is 0.326 e. The molecule has 2 aromatic carbocycles. The van der Waals surface area contributed by atoms with Gasteiger partial charge in [0, 0.05) is 19.0 Å². The van der Waals surface area contributed by atoms with Crippen molar-refractivity contribution in [1.29, 1.82) is 0 Å². The van der Waals surface area contributed by atoms with E-state index in [0.29, 0.717) is 6.42 Å². The van der Waals surface area contributed by atoms with Gasteiger partial charge in [-0.15, -0.1) is 0 Å². The highest BCUT2D eigenvalue weighted by Crippen LogP contribution is 2.13. The molecule has 5 heteroatoms. The summed E-state index contributed by atoms with van der Waals surface area (Å²) in [6, 6.07) is 16.7. The van der Waals surface area contributed by atoms with Crippen LogP contribution in [-0.2, 0) is 16.0 Å². The van der Waals surface area contributed by atoms with E-state index >= 15 is 0 Å². The van der Waals surface area contributed by atoms with E-state index in [2.05, 4.69) is 16.9 Å². The molecule has 1 atom stereocenters. The molecule has 0 aromatic heterocycles. The molecule has 0 aliphatic carbocycles. The number of aryl methyl sites for hydroxylation is 1. The Balaban J connectivity index is 0.000000593. The first-order valence-electron chi connectivity index (χ1n) is 7.14. The van der Waals surface area contributed by atoms with Crippen molar-refractivity contribution in [3.8, 4) is 0 Å². The van der Waals surface area contributed by atoms with Gasteiger partial charge in [-0.3, -0.25) is 4.79 Å². The molecule has 0 spiro atoms. The van der Waals surface area contributed by atoms with E-state index in [1.54, 1.807) is 0 Å². The number of rotatable bonds is 5. The van der Waals surface area contributed by atoms with Crippen LogP contribution in [0.15, 0.2) is 54.6 Å². The minimum absolute atomic E-state index is 0.361. The number of aliphatic carboxylic acids is 1. The molecular formula is C18H20ClNO3. The van der Waals surface area contributed by atoms with Gasteiger partial charge in [-0.25, -0.2) is 4.79 Å². The summed E-state index contributed by atoms with van der Waals surface area (Å²) in [6.45, 7) is 3.30. The Kier molecular flexibility index (Phi) is 7.84. The lowest BCUT2D eigenvalue weighted by molar-refractivity contribution is -0.137. The second kappa shape index (κ2) is 9.64. The quantitative estimate of drug-likeness (QED) is 0.815. The van der Waals surface area contributed by atoms with E-state index in [9.17, 15) is 14.7 Å². The van der Waals surface area contributed by atoms with Gasteiger partial charge in [0.1, 0.15) is 6.04 Å². The third-order valence-corrected chi connectivity index (χ3v) is 2.97. The lowest BCUT2D eigenvalue weighted by Gasteiger charge is -2.16. The molecule has 0 saturated heterocycles. The molecule has 23 heavy (non-hydrogen) atoms. The maximum absolute atomic E-state index is 11.3. The number of nitrogens with one attached hydrogen (secondary N) is 1. The topological polar surface area (TPSA) is 66.4 Å². The number of carbonyl (C=O) groups excluding carboxylic acids is 1. The van der Waals surface area contributed by atoms with Crippen molar-refractivity contribution in [2.75, 3.05) is 5.32 Å². The van der Waals surface area contributed by atoms with Crippen molar-refractivity contribution >= 4 is 28.5 Å². The largest absolute Gasteiger partial charge is 0.480 e. The molecule has 0 aliphatic heterocycles. The standard InChI is InChI=1S/C16H17NO2.C2H3ClO/c1-12-7-9-14(10-8-12)17-15(16(18)19)11-13-5-3-2-4-6-13;1-2(3)4/h2-10,15,17H,11H2,1H3,(H,18,19);1H3. The Morgan fingerprint density at radius 1 is 1.09 bits per heavy atom. The normalized spacial score (nSPS) is 10.9. The van der Waals surface area contributed by atoms with Crippen molar-refractivity contribution in [2.45, 2.75) is 26.3 Å². The first-order valence-corrected chi connectivity index (χ1v) is 7.52. The van der Waals surface area contributed by atoms with E-state index in [1.807, 2.05) is 61.5 Å². The third-order valence-electron chi connectivity index (χ3n) is 2.97. The van der Waals surface area contributed by atoms with E-state index in [-0.39, 0.29) is 5.24 Å². The Morgan fingerprint density at radius 2 is 1.61 bits per heavy atom. The van der Waals surface area contributed by atoms with Gasteiger partial charge in [-0.2, -0.15) is 0 Å². The number of halogens is 1. The number of anilines is 1. The maximum Gasteiger partial charge on any atom is 0.326 e. The van der Waals surface area contributed by atoms with E-state index in [1.165, 1.54) is 6.92 Å². The zero-order valence-electron chi connectivity index (χ0n) is 13.1. The van der Waals surface area contributed by atoms with E-state index in [0.717, 1.165) is 16.8 Å². The summed E-state index contributed by atoms with van der Waals surface area (Å²) in [6.07, 6.45) is 0.462. The summed E-state index contributed by atoms with van der Waals surface area (Å²) in [5.74, 6) is -0.843. The number of carboxylic acid groups (broad SMARTS) is 1. The van der Waals surface area contributed by atoms with Crippen molar-refractivity contribution in [3.05, 3.63) is 65.7 Å². The minimum Gasteiger partial charge on any atom is -0.480 e. The molecule has 0 radical (unpaired) electrons. The van der Waals surface area contributed by atoms with Gasteiger partial charge < -0.3 is 10.4 Å². The van der Waals surface area contributed by atoms with Crippen molar-refractivity contribution < 1.29 is 14.7 Å². The molecule has 2 aromatic rings. The average molecular weight is 334 g/mol. The molecule has 0 aliphatic rings. The predicted molar refractivity (Wildman–Crippen MR) is 92.9 cm³/mol. The number of benzene rings is 2. The highest BCUT2D eigenvalue weighted by Gasteiger charge is 2.17. The van der Waals surface area contributed by atoms with Crippen LogP contribution in [0.5, 0.6) is 0 Å². The number of hydrogen-bond acceptors (Lipinski definition) is 3. The summed E-state index contributed by atoms with van der Waals surface area (Å²) in [4.78, 5) is 20.5. The van der Waals surface area contributed by atoms with Crippen molar-refractivity contribution in [2.24, 2.45) is 0 Å². The molecule has 4 nitrogen and oxygen atoms in total. The van der Waals surface area contributed by atoms with Gasteiger partial charge in [0.2, 0.25) is 5.24 Å². The van der Waals surface area contributed by atoms with Crippen LogP contribution in [-0.4, -0.2) is 22.4 Å². The molecule has 2 rings (SSSR count). The fraction of sp³-hybridized carbons (Fsp3) is 0.222. The van der Waals surface area contributed by atoms with Crippen LogP contribution < -0.4 is 5.32 Å². The predicted octanol–water partition coefficient (Wildman–Crippen LogP) is 3.87. The second-order valence-corrected chi connectivity index (χ2v) is 5.59. The van der Waals surface area contributed by atoms with Gasteiger partial charge in [0.25, 0.3) is 0 Å². The first kappa shape index (κ1) is 18.7. The zero-order valence-corrected chi connectivity index (χ0v) is 13.9. The Bertz CT molecular complexity index is 622. The fourth-order valence-electron chi connectivity index (χ4n) is 1.90. The summed E-state index contributed by atoms with van der Waals surface area (Å²) >= 11 is 4.64. The van der Waals surface area contributed by atoms with Crippen LogP contribution in [0, 0.1) is 6.92 Å². The zero-order chi connectivity index (χ0) is 17.2. The molecule has 0 amide bonds.